The summed E-state index contributed by atoms with van der Waals surface area (Å²) in [5.41, 5.74) is 21.6. The van der Waals surface area contributed by atoms with Crippen LogP contribution in [0, 0.1) is 0 Å². The topological polar surface area (TPSA) is 8.17 Å². The van der Waals surface area contributed by atoms with Gasteiger partial charge in [-0.15, -0.1) is 0 Å². The highest BCUT2D eigenvalue weighted by Gasteiger charge is 2.37. The van der Waals surface area contributed by atoms with Gasteiger partial charge in [0.25, 0.3) is 0 Å². The molecule has 2 nitrogen and oxygen atoms in total. The molecule has 0 saturated carbocycles. The van der Waals surface area contributed by atoms with Gasteiger partial charge >= 0.3 is 0 Å². The van der Waals surface area contributed by atoms with E-state index in [1.165, 1.54) is 99.9 Å². The average Bonchev–Trinajstić information content (AvgIpc) is 3.70. The fraction of sp³-hybridized carbons (Fsp3) is 0.0476. The van der Waals surface area contributed by atoms with Crippen LogP contribution >= 0.6 is 0 Å². The van der Waals surface area contributed by atoms with Crippen LogP contribution in [0.4, 0.5) is 17.1 Å². The Kier molecular flexibility index (Phi) is 9.21. The van der Waals surface area contributed by atoms with Crippen molar-refractivity contribution < 1.29 is 0 Å². The molecule has 1 aromatic heterocycles. The minimum absolute atomic E-state index is 0.272. The number of benzene rings is 10. The van der Waals surface area contributed by atoms with E-state index in [9.17, 15) is 0 Å². The minimum atomic E-state index is -0.272. The molecule has 0 spiro atoms. The van der Waals surface area contributed by atoms with Crippen LogP contribution in [0.2, 0.25) is 0 Å². The Balaban J connectivity index is 0.962. The summed E-state index contributed by atoms with van der Waals surface area (Å²) in [6.07, 6.45) is 0. The lowest BCUT2D eigenvalue weighted by atomic mass is 9.72. The predicted octanol–water partition coefficient (Wildman–Crippen LogP) is 17.2. The molecule has 65 heavy (non-hydrogen) atoms. The molecule has 10 aromatic carbocycles. The van der Waals surface area contributed by atoms with Crippen LogP contribution in [0.3, 0.4) is 0 Å². The third-order valence-electron chi connectivity index (χ3n) is 13.6. The molecule has 0 bridgehead atoms. The van der Waals surface area contributed by atoms with Gasteiger partial charge in [0.15, 0.2) is 0 Å². The second kappa shape index (κ2) is 15.6. The van der Waals surface area contributed by atoms with Crippen molar-refractivity contribution in [2.24, 2.45) is 0 Å². The monoisotopic (exact) mass is 830 g/mol. The number of rotatable bonds is 7. The molecule has 1 aliphatic rings. The minimum Gasteiger partial charge on any atom is -0.310 e. The molecule has 1 aliphatic heterocycles. The molecule has 0 amide bonds. The highest BCUT2D eigenvalue weighted by atomic mass is 15.2. The Morgan fingerprint density at radius 3 is 1.00 bits per heavy atom. The van der Waals surface area contributed by atoms with Gasteiger partial charge in [-0.3, -0.25) is 0 Å². The lowest BCUT2D eigenvalue weighted by Crippen LogP contribution is -2.30. The van der Waals surface area contributed by atoms with Gasteiger partial charge < -0.3 is 9.47 Å². The van der Waals surface area contributed by atoms with E-state index in [0.29, 0.717) is 0 Å². The zero-order valence-electron chi connectivity index (χ0n) is 36.5. The van der Waals surface area contributed by atoms with Crippen molar-refractivity contribution in [1.82, 2.24) is 4.57 Å². The molecule has 11 aromatic rings. The van der Waals surface area contributed by atoms with E-state index in [-0.39, 0.29) is 5.41 Å². The normalized spacial score (nSPS) is 12.9. The lowest BCUT2D eigenvalue weighted by Gasteiger charge is -2.42. The molecule has 2 heterocycles. The van der Waals surface area contributed by atoms with Crippen molar-refractivity contribution in [2.75, 3.05) is 4.90 Å². The molecule has 0 saturated heterocycles. The summed E-state index contributed by atoms with van der Waals surface area (Å²) in [5.74, 6) is 0. The highest BCUT2D eigenvalue weighted by molar-refractivity contribution is 6.11. The molecule has 0 unspecified atom stereocenters. The van der Waals surface area contributed by atoms with E-state index in [4.69, 9.17) is 0 Å². The van der Waals surface area contributed by atoms with Gasteiger partial charge in [0, 0.05) is 27.6 Å². The van der Waals surface area contributed by atoms with E-state index >= 15 is 0 Å². The smallest absolute Gasteiger partial charge is 0.0541 e. The number of anilines is 3. The predicted molar refractivity (Wildman–Crippen MR) is 275 cm³/mol. The summed E-state index contributed by atoms with van der Waals surface area (Å²) in [6, 6.07) is 88.9. The first-order valence-corrected chi connectivity index (χ1v) is 22.6. The van der Waals surface area contributed by atoms with Crippen LogP contribution in [-0.2, 0) is 5.41 Å². The van der Waals surface area contributed by atoms with Crippen LogP contribution in [0.5, 0.6) is 0 Å². The molecule has 0 N–H and O–H groups in total. The van der Waals surface area contributed by atoms with E-state index in [0.717, 1.165) is 11.4 Å². The summed E-state index contributed by atoms with van der Waals surface area (Å²) in [4.78, 5) is 2.46. The zero-order valence-corrected chi connectivity index (χ0v) is 36.5. The van der Waals surface area contributed by atoms with Gasteiger partial charge in [-0.2, -0.15) is 0 Å². The van der Waals surface area contributed by atoms with E-state index < -0.39 is 0 Å². The molecule has 2 heteroatoms. The molecule has 12 rings (SSSR count). The van der Waals surface area contributed by atoms with Crippen molar-refractivity contribution in [1.29, 1.82) is 0 Å². The van der Waals surface area contributed by atoms with Crippen LogP contribution in [0.1, 0.15) is 25.0 Å². The Morgan fingerprint density at radius 2 is 0.585 bits per heavy atom. The Morgan fingerprint density at radius 1 is 0.277 bits per heavy atom. The summed E-state index contributed by atoms with van der Waals surface area (Å²) in [6.45, 7) is 4.77. The van der Waals surface area contributed by atoms with Gasteiger partial charge in [-0.25, -0.2) is 0 Å². The SMILES string of the molecule is CC1(C)c2cc(-c3ccccc3)ccc2N(c2ccc(-c3ccccc3)cc2)c2ccc(-c3ccc(-n4c5ccc(-c6ccccc6)cc5c5cc(-c6ccccc6)ccc54)cc3)cc21. The van der Waals surface area contributed by atoms with E-state index in [1.54, 1.807) is 0 Å². The van der Waals surface area contributed by atoms with Gasteiger partial charge in [-0.1, -0.05) is 184 Å². The maximum Gasteiger partial charge on any atom is 0.0541 e. The Hall–Kier alpha value is -8.20. The standard InChI is InChI=1S/C63H46N2/c1-63(2)57-41-51(46-21-13-6-14-22-46)29-37-61(57)65(54-31-23-47(24-32-54)43-15-7-3-8-16-43)62-38-30-52(42-58(62)63)48-25-33-53(34-26-48)64-59-35-27-49(44-17-9-4-10-18-44)39-55(59)56-40-50(28-36-60(56)64)45-19-11-5-12-20-45/h3-42H,1-2H3. The van der Waals surface area contributed by atoms with Gasteiger partial charge in [0.1, 0.15) is 0 Å². The Bertz CT molecular complexity index is 3420. The molecular weight excluding hydrogens is 785 g/mol. The first-order chi connectivity index (χ1) is 32.0. The number of nitrogens with zero attached hydrogens (tertiary/aromatic N) is 2. The molecular formula is C63H46N2. The fourth-order valence-electron chi connectivity index (χ4n) is 10.2. The first kappa shape index (κ1) is 38.5. The number of hydrogen-bond acceptors (Lipinski definition) is 1. The molecule has 0 fully saturated rings. The fourth-order valence-corrected chi connectivity index (χ4v) is 10.2. The third-order valence-corrected chi connectivity index (χ3v) is 13.6. The van der Waals surface area contributed by atoms with Crippen molar-refractivity contribution in [3.63, 3.8) is 0 Å². The van der Waals surface area contributed by atoms with Gasteiger partial charge in [0.05, 0.1) is 22.4 Å². The Labute approximate surface area is 381 Å². The largest absolute Gasteiger partial charge is 0.310 e. The third kappa shape index (κ3) is 6.65. The average molecular weight is 831 g/mol. The van der Waals surface area contributed by atoms with Crippen molar-refractivity contribution in [3.05, 3.63) is 254 Å². The number of hydrogen-bond donors (Lipinski definition) is 0. The molecule has 308 valence electrons. The maximum atomic E-state index is 2.46. The molecule has 0 aliphatic carbocycles. The van der Waals surface area contributed by atoms with Crippen molar-refractivity contribution in [3.8, 4) is 61.3 Å². The summed E-state index contributed by atoms with van der Waals surface area (Å²) in [7, 11) is 0. The van der Waals surface area contributed by atoms with Gasteiger partial charge in [-0.05, 0) is 140 Å². The molecule has 0 atom stereocenters. The summed E-state index contributed by atoms with van der Waals surface area (Å²) in [5, 5.41) is 2.49. The van der Waals surface area contributed by atoms with Crippen molar-refractivity contribution in [2.45, 2.75) is 19.3 Å². The van der Waals surface area contributed by atoms with Crippen LogP contribution in [0.15, 0.2) is 243 Å². The second-order valence-electron chi connectivity index (χ2n) is 17.8. The molecule has 0 radical (unpaired) electrons. The zero-order chi connectivity index (χ0) is 43.5. The van der Waals surface area contributed by atoms with Crippen molar-refractivity contribution >= 4 is 38.9 Å². The van der Waals surface area contributed by atoms with Gasteiger partial charge in [0.2, 0.25) is 0 Å². The maximum absolute atomic E-state index is 2.46. The quantitative estimate of drug-likeness (QED) is 0.155. The van der Waals surface area contributed by atoms with Crippen LogP contribution in [-0.4, -0.2) is 4.57 Å². The summed E-state index contributed by atoms with van der Waals surface area (Å²) < 4.78 is 2.43. The first-order valence-electron chi connectivity index (χ1n) is 22.6. The van der Waals surface area contributed by atoms with E-state index in [2.05, 4.69) is 266 Å². The number of aromatic nitrogens is 1. The summed E-state index contributed by atoms with van der Waals surface area (Å²) >= 11 is 0. The van der Waals surface area contributed by atoms with Crippen LogP contribution < -0.4 is 4.90 Å². The van der Waals surface area contributed by atoms with Crippen LogP contribution in [0.25, 0.3) is 83.1 Å². The number of fused-ring (bicyclic) bond motifs is 5. The highest BCUT2D eigenvalue weighted by Crippen LogP contribution is 2.53. The second-order valence-corrected chi connectivity index (χ2v) is 17.8. The lowest BCUT2D eigenvalue weighted by molar-refractivity contribution is 0.632. The van der Waals surface area contributed by atoms with E-state index in [1.807, 2.05) is 0 Å².